The van der Waals surface area contributed by atoms with Crippen LogP contribution >= 0.6 is 0 Å². The number of fused-ring (bicyclic) bond motifs is 2. The lowest BCUT2D eigenvalue weighted by molar-refractivity contribution is -0.147. The van der Waals surface area contributed by atoms with Crippen LogP contribution in [0.4, 0.5) is 0 Å². The molecule has 2 aliphatic carbocycles. The largest absolute Gasteiger partial charge is 0.462 e. The van der Waals surface area contributed by atoms with Gasteiger partial charge in [-0.3, -0.25) is 4.79 Å². The quantitative estimate of drug-likeness (QED) is 0.582. The number of hydrogen-bond donors (Lipinski definition) is 1. The summed E-state index contributed by atoms with van der Waals surface area (Å²) in [5.41, 5.74) is 0. The van der Waals surface area contributed by atoms with Crippen molar-refractivity contribution in [2.45, 2.75) is 32.0 Å². The maximum absolute atomic E-state index is 10.7. The molecular weight excluding hydrogens is 156 g/mol. The van der Waals surface area contributed by atoms with Crippen molar-refractivity contribution in [2.24, 2.45) is 11.8 Å². The molecule has 0 aromatic carbocycles. The molecule has 0 amide bonds. The Labute approximate surface area is 71.7 Å². The highest BCUT2D eigenvalue weighted by atomic mass is 16.5. The summed E-state index contributed by atoms with van der Waals surface area (Å²) in [5, 5.41) is 9.40. The average molecular weight is 169 g/mol. The van der Waals surface area contributed by atoms with Gasteiger partial charge in [0.15, 0.2) is 0 Å². The number of ether oxygens (including phenoxy) is 1. The van der Waals surface area contributed by atoms with E-state index in [-0.39, 0.29) is 24.1 Å². The summed E-state index contributed by atoms with van der Waals surface area (Å²) in [5.74, 6) is 0.409. The van der Waals surface area contributed by atoms with Crippen LogP contribution in [0.3, 0.4) is 0 Å². The van der Waals surface area contributed by atoms with Crippen molar-refractivity contribution in [2.75, 3.05) is 0 Å². The van der Waals surface area contributed by atoms with E-state index >= 15 is 0 Å². The third-order valence-corrected chi connectivity index (χ3v) is 2.82. The molecule has 1 N–H and O–H groups in total. The summed E-state index contributed by atoms with van der Waals surface area (Å²) in [4.78, 5) is 10.7. The molecule has 4 atom stereocenters. The van der Waals surface area contributed by atoms with Gasteiger partial charge in [-0.05, 0) is 24.7 Å². The number of aliphatic hydroxyl groups is 1. The third-order valence-electron chi connectivity index (χ3n) is 2.82. The van der Waals surface area contributed by atoms with Crippen molar-refractivity contribution in [1.82, 2.24) is 0 Å². The summed E-state index contributed by atoms with van der Waals surface area (Å²) in [6, 6.07) is 0. The van der Waals surface area contributed by atoms with E-state index < -0.39 is 0 Å². The molecule has 67 valence electrons. The van der Waals surface area contributed by atoms with Gasteiger partial charge in [-0.1, -0.05) is 0 Å². The van der Waals surface area contributed by atoms with Crippen LogP contribution < -0.4 is 0 Å². The van der Waals surface area contributed by atoms with E-state index in [1.165, 1.54) is 6.92 Å². The fraction of sp³-hybridized carbons (Fsp3) is 0.778. The minimum Gasteiger partial charge on any atom is -0.462 e. The molecule has 0 saturated heterocycles. The van der Waals surface area contributed by atoms with Crippen molar-refractivity contribution in [3.63, 3.8) is 0 Å². The second-order valence-electron chi connectivity index (χ2n) is 3.73. The molecule has 0 aromatic heterocycles. The Morgan fingerprint density at radius 2 is 2.33 bits per heavy atom. The predicted octanol–water partition coefficient (Wildman–Crippen LogP) is 0.523. The monoisotopic (exact) mass is 169 g/mol. The number of carbonyl (C=O) groups excluding carboxylic acids is 1. The summed E-state index contributed by atoms with van der Waals surface area (Å²) < 4.78 is 5.09. The number of rotatable bonds is 1. The van der Waals surface area contributed by atoms with E-state index in [9.17, 15) is 9.90 Å². The molecule has 0 aliphatic heterocycles. The van der Waals surface area contributed by atoms with Gasteiger partial charge in [0.1, 0.15) is 6.10 Å². The molecule has 1 radical (unpaired) electrons. The van der Waals surface area contributed by atoms with E-state index in [4.69, 9.17) is 4.74 Å². The molecule has 0 unspecified atom stereocenters. The summed E-state index contributed by atoms with van der Waals surface area (Å²) in [6.07, 6.45) is 3.52. The molecule has 2 saturated carbocycles. The lowest BCUT2D eigenvalue weighted by Gasteiger charge is -2.23. The van der Waals surface area contributed by atoms with Gasteiger partial charge in [0.2, 0.25) is 0 Å². The summed E-state index contributed by atoms with van der Waals surface area (Å²) in [6.45, 7) is 1.43. The van der Waals surface area contributed by atoms with Gasteiger partial charge in [0.05, 0.1) is 6.10 Å². The zero-order valence-electron chi connectivity index (χ0n) is 7.06. The molecule has 3 heteroatoms. The van der Waals surface area contributed by atoms with Crippen LogP contribution in [-0.4, -0.2) is 23.3 Å². The van der Waals surface area contributed by atoms with Gasteiger partial charge < -0.3 is 9.84 Å². The SMILES string of the molecule is CC(=O)O[C@@H]1[CH][C@@H]2C[C@H]1C[C@@H]2O. The first-order valence-electron chi connectivity index (χ1n) is 4.37. The van der Waals surface area contributed by atoms with Gasteiger partial charge in [0.25, 0.3) is 0 Å². The standard InChI is InChI=1S/C9H13O3/c1-5(10)12-9-4-6-2-7(9)3-8(6)11/h4,6-9,11H,2-3H2,1H3/t6-,7-,8-,9+/m0/s1. The van der Waals surface area contributed by atoms with Crippen LogP contribution in [0, 0.1) is 18.3 Å². The minimum atomic E-state index is -0.224. The maximum atomic E-state index is 10.7. The molecule has 0 aromatic rings. The Morgan fingerprint density at radius 3 is 2.75 bits per heavy atom. The van der Waals surface area contributed by atoms with E-state index in [1.807, 2.05) is 6.42 Å². The molecule has 2 fully saturated rings. The van der Waals surface area contributed by atoms with Crippen LogP contribution in [0.25, 0.3) is 0 Å². The van der Waals surface area contributed by atoms with Crippen LogP contribution in [0.5, 0.6) is 0 Å². The zero-order valence-corrected chi connectivity index (χ0v) is 7.06. The number of carbonyl (C=O) groups is 1. The summed E-state index contributed by atoms with van der Waals surface area (Å²) >= 11 is 0. The van der Waals surface area contributed by atoms with Crippen LogP contribution in [-0.2, 0) is 9.53 Å². The van der Waals surface area contributed by atoms with Crippen molar-refractivity contribution < 1.29 is 14.6 Å². The number of aliphatic hydroxyl groups excluding tert-OH is 1. The maximum Gasteiger partial charge on any atom is 0.302 e. The molecule has 0 spiro atoms. The predicted molar refractivity (Wildman–Crippen MR) is 42.1 cm³/mol. The van der Waals surface area contributed by atoms with Gasteiger partial charge in [0, 0.05) is 13.3 Å². The normalized spacial score (nSPS) is 44.8. The van der Waals surface area contributed by atoms with Crippen molar-refractivity contribution in [3.8, 4) is 0 Å². The molecule has 0 heterocycles. The highest BCUT2D eigenvalue weighted by Gasteiger charge is 2.46. The lowest BCUT2D eigenvalue weighted by Crippen LogP contribution is -2.29. The Bertz CT molecular complexity index is 200. The van der Waals surface area contributed by atoms with E-state index in [0.29, 0.717) is 5.92 Å². The van der Waals surface area contributed by atoms with Crippen molar-refractivity contribution >= 4 is 5.97 Å². The van der Waals surface area contributed by atoms with Gasteiger partial charge >= 0.3 is 5.97 Å². The second-order valence-corrected chi connectivity index (χ2v) is 3.73. The molecule has 12 heavy (non-hydrogen) atoms. The molecule has 2 bridgehead atoms. The lowest BCUT2D eigenvalue weighted by atomic mass is 9.95. The van der Waals surface area contributed by atoms with E-state index in [0.717, 1.165) is 12.8 Å². The first-order valence-corrected chi connectivity index (χ1v) is 4.37. The first kappa shape index (κ1) is 8.05. The average Bonchev–Trinajstić information content (AvgIpc) is 2.44. The Kier molecular flexibility index (Phi) is 1.83. The molecule has 2 aliphatic rings. The number of hydrogen-bond acceptors (Lipinski definition) is 3. The fourth-order valence-corrected chi connectivity index (χ4v) is 2.29. The van der Waals surface area contributed by atoms with Crippen molar-refractivity contribution in [3.05, 3.63) is 6.42 Å². The van der Waals surface area contributed by atoms with Crippen LogP contribution in [0.2, 0.25) is 0 Å². The minimum absolute atomic E-state index is 0.0316. The topological polar surface area (TPSA) is 46.5 Å². The molecule has 2 rings (SSSR count). The Balaban J connectivity index is 1.94. The van der Waals surface area contributed by atoms with Gasteiger partial charge in [-0.2, -0.15) is 0 Å². The summed E-state index contributed by atoms with van der Waals surface area (Å²) in [7, 11) is 0. The van der Waals surface area contributed by atoms with Crippen LogP contribution in [0.15, 0.2) is 0 Å². The van der Waals surface area contributed by atoms with Crippen molar-refractivity contribution in [1.29, 1.82) is 0 Å². The Morgan fingerprint density at radius 1 is 1.58 bits per heavy atom. The second kappa shape index (κ2) is 2.73. The third kappa shape index (κ3) is 1.22. The van der Waals surface area contributed by atoms with Gasteiger partial charge in [-0.15, -0.1) is 0 Å². The smallest absolute Gasteiger partial charge is 0.302 e. The van der Waals surface area contributed by atoms with Crippen LogP contribution in [0.1, 0.15) is 19.8 Å². The van der Waals surface area contributed by atoms with E-state index in [2.05, 4.69) is 0 Å². The zero-order chi connectivity index (χ0) is 8.72. The highest BCUT2D eigenvalue weighted by molar-refractivity contribution is 5.66. The highest BCUT2D eigenvalue weighted by Crippen LogP contribution is 2.45. The number of esters is 1. The van der Waals surface area contributed by atoms with Gasteiger partial charge in [-0.25, -0.2) is 0 Å². The fourth-order valence-electron chi connectivity index (χ4n) is 2.29. The first-order chi connectivity index (χ1) is 5.66. The molecule has 3 nitrogen and oxygen atoms in total. The Hall–Kier alpha value is -0.570. The molecular formula is C9H13O3. The van der Waals surface area contributed by atoms with E-state index in [1.54, 1.807) is 0 Å².